The van der Waals surface area contributed by atoms with Crippen molar-refractivity contribution in [3.63, 3.8) is 0 Å². The van der Waals surface area contributed by atoms with Gasteiger partial charge in [-0.1, -0.05) is 194 Å². The van der Waals surface area contributed by atoms with E-state index in [1.165, 1.54) is 60.4 Å². The van der Waals surface area contributed by atoms with Crippen LogP contribution in [0, 0.1) is 0 Å². The fourth-order valence-corrected chi connectivity index (χ4v) is 11.0. The van der Waals surface area contributed by atoms with Gasteiger partial charge in [-0.25, -0.2) is 0 Å². The quantitative estimate of drug-likeness (QED) is 0.143. The van der Waals surface area contributed by atoms with E-state index in [0.29, 0.717) is 0 Å². The standard InChI is InChI=1S/C65H45N3/c1-5-20-46(21-6-1)49-24-19-31-53(42-49)66(55-39-41-60-59-33-16-18-35-63(59)67(64(60)45-55)51-27-9-3-10-28-51)54-38-40-58-57-32-15-17-34-61(57)65(62(58)44-54,50-25-7-2-8-26-50)68(52-29-11-4-12-30-52)56-37-36-47-22-13-14-23-48(47)43-56/h1-45H. The number of hydrogen-bond acceptors (Lipinski definition) is 2. The summed E-state index contributed by atoms with van der Waals surface area (Å²) in [6.07, 6.45) is 0. The van der Waals surface area contributed by atoms with Gasteiger partial charge in [-0.05, 0) is 129 Å². The highest BCUT2D eigenvalue weighted by molar-refractivity contribution is 6.10. The molecule has 68 heavy (non-hydrogen) atoms. The molecule has 3 heteroatoms. The molecule has 1 aromatic heterocycles. The fourth-order valence-electron chi connectivity index (χ4n) is 11.0. The maximum atomic E-state index is 2.59. The molecule has 0 bridgehead atoms. The summed E-state index contributed by atoms with van der Waals surface area (Å²) in [5, 5.41) is 4.85. The number of rotatable bonds is 9. The highest BCUT2D eigenvalue weighted by Gasteiger charge is 2.50. The Morgan fingerprint density at radius 2 is 0.882 bits per heavy atom. The van der Waals surface area contributed by atoms with Gasteiger partial charge in [-0.15, -0.1) is 0 Å². The molecule has 3 nitrogen and oxygen atoms in total. The van der Waals surface area contributed by atoms with Crippen LogP contribution in [-0.4, -0.2) is 4.57 Å². The molecule has 1 aliphatic rings. The lowest BCUT2D eigenvalue weighted by atomic mass is 9.78. The van der Waals surface area contributed by atoms with Gasteiger partial charge in [-0.3, -0.25) is 0 Å². The molecule has 0 amide bonds. The molecule has 0 saturated carbocycles. The van der Waals surface area contributed by atoms with Crippen molar-refractivity contribution in [3.05, 3.63) is 290 Å². The average molecular weight is 868 g/mol. The third kappa shape index (κ3) is 6.28. The lowest BCUT2D eigenvalue weighted by molar-refractivity contribution is 0.644. The molecule has 13 rings (SSSR count). The molecule has 0 radical (unpaired) electrons. The molecule has 1 aliphatic carbocycles. The second-order valence-electron chi connectivity index (χ2n) is 17.7. The normalized spacial score (nSPS) is 13.9. The van der Waals surface area contributed by atoms with Gasteiger partial charge < -0.3 is 14.4 Å². The average Bonchev–Trinajstić information content (AvgIpc) is 3.90. The van der Waals surface area contributed by atoms with Crippen LogP contribution in [0.25, 0.3) is 60.5 Å². The van der Waals surface area contributed by atoms with E-state index < -0.39 is 5.54 Å². The van der Waals surface area contributed by atoms with Crippen molar-refractivity contribution >= 4 is 61.0 Å². The van der Waals surface area contributed by atoms with E-state index in [-0.39, 0.29) is 0 Å². The summed E-state index contributed by atoms with van der Waals surface area (Å²) in [5.74, 6) is 0. The Balaban J connectivity index is 1.11. The zero-order valence-corrected chi connectivity index (χ0v) is 37.3. The number of hydrogen-bond donors (Lipinski definition) is 0. The highest BCUT2D eigenvalue weighted by atomic mass is 15.2. The maximum Gasteiger partial charge on any atom is 0.122 e. The number of aromatic nitrogens is 1. The first kappa shape index (κ1) is 39.4. The van der Waals surface area contributed by atoms with Crippen LogP contribution in [0.1, 0.15) is 16.7 Å². The largest absolute Gasteiger partial charge is 0.323 e. The van der Waals surface area contributed by atoms with E-state index in [1.807, 2.05) is 0 Å². The first-order valence-electron chi connectivity index (χ1n) is 23.4. The van der Waals surface area contributed by atoms with Crippen molar-refractivity contribution in [1.82, 2.24) is 4.57 Å². The van der Waals surface area contributed by atoms with Crippen LogP contribution in [-0.2, 0) is 5.54 Å². The number of fused-ring (bicyclic) bond motifs is 7. The molecule has 320 valence electrons. The highest BCUT2D eigenvalue weighted by Crippen LogP contribution is 2.59. The molecular formula is C65H45N3. The third-order valence-electron chi connectivity index (χ3n) is 13.9. The fraction of sp³-hybridized carbons (Fsp3) is 0.0154. The molecule has 11 aromatic carbocycles. The van der Waals surface area contributed by atoms with E-state index >= 15 is 0 Å². The van der Waals surface area contributed by atoms with Gasteiger partial charge in [0, 0.05) is 44.9 Å². The minimum atomic E-state index is -0.783. The lowest BCUT2D eigenvalue weighted by Gasteiger charge is -2.45. The zero-order chi connectivity index (χ0) is 45.0. The van der Waals surface area contributed by atoms with Crippen LogP contribution in [0.5, 0.6) is 0 Å². The van der Waals surface area contributed by atoms with Crippen LogP contribution in [0.2, 0.25) is 0 Å². The van der Waals surface area contributed by atoms with Gasteiger partial charge in [0.2, 0.25) is 0 Å². The molecule has 0 spiro atoms. The lowest BCUT2D eigenvalue weighted by Crippen LogP contribution is -2.44. The summed E-state index contributed by atoms with van der Waals surface area (Å²) < 4.78 is 2.41. The van der Waals surface area contributed by atoms with Gasteiger partial charge in [-0.2, -0.15) is 0 Å². The predicted molar refractivity (Wildman–Crippen MR) is 285 cm³/mol. The molecule has 1 unspecified atom stereocenters. The van der Waals surface area contributed by atoms with Crippen LogP contribution in [0.15, 0.2) is 273 Å². The van der Waals surface area contributed by atoms with Crippen molar-refractivity contribution in [2.75, 3.05) is 9.80 Å². The number of anilines is 5. The summed E-state index contributed by atoms with van der Waals surface area (Å²) in [7, 11) is 0. The Bertz CT molecular complexity index is 3800. The zero-order valence-electron chi connectivity index (χ0n) is 37.3. The van der Waals surface area contributed by atoms with Crippen molar-refractivity contribution in [2.45, 2.75) is 5.54 Å². The second kappa shape index (κ2) is 16.2. The van der Waals surface area contributed by atoms with Gasteiger partial charge in [0.25, 0.3) is 0 Å². The molecule has 0 aliphatic heterocycles. The molecular weight excluding hydrogens is 823 g/mol. The molecule has 0 fully saturated rings. The Morgan fingerprint density at radius 3 is 1.71 bits per heavy atom. The van der Waals surface area contributed by atoms with Crippen LogP contribution in [0.4, 0.5) is 28.4 Å². The Labute approximate surface area is 396 Å². The number of benzene rings is 11. The summed E-state index contributed by atoms with van der Waals surface area (Å²) in [5.41, 5.74) is 16.5. The van der Waals surface area contributed by atoms with E-state index in [4.69, 9.17) is 0 Å². The number of nitrogens with zero attached hydrogens (tertiary/aromatic N) is 3. The summed E-state index contributed by atoms with van der Waals surface area (Å²) >= 11 is 0. The third-order valence-corrected chi connectivity index (χ3v) is 13.9. The van der Waals surface area contributed by atoms with Crippen molar-refractivity contribution < 1.29 is 0 Å². The second-order valence-corrected chi connectivity index (χ2v) is 17.7. The van der Waals surface area contributed by atoms with Gasteiger partial charge in [0.15, 0.2) is 0 Å². The topological polar surface area (TPSA) is 11.4 Å². The van der Waals surface area contributed by atoms with Crippen molar-refractivity contribution in [1.29, 1.82) is 0 Å². The van der Waals surface area contributed by atoms with Crippen LogP contribution < -0.4 is 9.80 Å². The Kier molecular flexibility index (Phi) is 9.40. The first-order valence-corrected chi connectivity index (χ1v) is 23.4. The van der Waals surface area contributed by atoms with Gasteiger partial charge >= 0.3 is 0 Å². The minimum absolute atomic E-state index is 0.783. The maximum absolute atomic E-state index is 2.59. The predicted octanol–water partition coefficient (Wildman–Crippen LogP) is 17.2. The van der Waals surface area contributed by atoms with E-state index in [0.717, 1.165) is 45.2 Å². The monoisotopic (exact) mass is 867 g/mol. The molecule has 0 saturated heterocycles. The number of para-hydroxylation sites is 3. The van der Waals surface area contributed by atoms with E-state index in [2.05, 4.69) is 287 Å². The summed E-state index contributed by atoms with van der Waals surface area (Å²) in [6.45, 7) is 0. The van der Waals surface area contributed by atoms with E-state index in [1.54, 1.807) is 0 Å². The summed E-state index contributed by atoms with van der Waals surface area (Å²) in [4.78, 5) is 5.05. The SMILES string of the molecule is c1ccc(-c2cccc(N(c3ccc4c(c3)C(c3ccccc3)(N(c3ccccc3)c3ccc5ccccc5c3)c3ccccc3-4)c3ccc4c5ccccc5n(-c5ccccc5)c4c3)c2)cc1. The summed E-state index contributed by atoms with van der Waals surface area (Å²) in [6, 6.07) is 100. The molecule has 0 N–H and O–H groups in total. The van der Waals surface area contributed by atoms with Crippen LogP contribution >= 0.6 is 0 Å². The van der Waals surface area contributed by atoms with Crippen LogP contribution in [0.3, 0.4) is 0 Å². The van der Waals surface area contributed by atoms with Gasteiger partial charge in [0.1, 0.15) is 5.54 Å². The first-order chi connectivity index (χ1) is 33.7. The minimum Gasteiger partial charge on any atom is -0.323 e. The molecule has 12 aromatic rings. The van der Waals surface area contributed by atoms with Crippen molar-refractivity contribution in [3.8, 4) is 27.9 Å². The molecule has 1 heterocycles. The van der Waals surface area contributed by atoms with Gasteiger partial charge in [0.05, 0.1) is 11.0 Å². The Hall–Kier alpha value is -8.92. The van der Waals surface area contributed by atoms with Crippen molar-refractivity contribution in [2.24, 2.45) is 0 Å². The smallest absolute Gasteiger partial charge is 0.122 e. The van der Waals surface area contributed by atoms with E-state index in [9.17, 15) is 0 Å². The molecule has 1 atom stereocenters. The Morgan fingerprint density at radius 1 is 0.309 bits per heavy atom.